The molecule has 0 saturated heterocycles. The number of hydrogen-bond acceptors (Lipinski definition) is 5. The lowest BCUT2D eigenvalue weighted by Crippen LogP contribution is -2.16. The van der Waals surface area contributed by atoms with E-state index in [-0.39, 0.29) is 11.7 Å². The first kappa shape index (κ1) is 6.84. The van der Waals surface area contributed by atoms with Gasteiger partial charge in [-0.05, 0) is 11.3 Å². The van der Waals surface area contributed by atoms with E-state index in [2.05, 4.69) is 15.4 Å². The van der Waals surface area contributed by atoms with Gasteiger partial charge in [0.25, 0.3) is 5.70 Å². The van der Waals surface area contributed by atoms with Crippen molar-refractivity contribution in [2.45, 2.75) is 6.04 Å². The Kier molecular flexibility index (Phi) is 1.33. The average Bonchev–Trinajstić information content (AvgIpc) is 2.49. The van der Waals surface area contributed by atoms with Gasteiger partial charge >= 0.3 is 0 Å². The maximum Gasteiger partial charge on any atom is 0.271 e. The number of rotatable bonds is 1. The van der Waals surface area contributed by atoms with Crippen molar-refractivity contribution in [3.05, 3.63) is 34.0 Å². The van der Waals surface area contributed by atoms with Gasteiger partial charge in [0.15, 0.2) is 0 Å². The Morgan fingerprint density at radius 2 is 2.42 bits per heavy atom. The van der Waals surface area contributed by atoms with Crippen molar-refractivity contribution in [3.63, 3.8) is 0 Å². The lowest BCUT2D eigenvalue weighted by Gasteiger charge is -2.03. The molecule has 0 spiro atoms. The van der Waals surface area contributed by atoms with Crippen molar-refractivity contribution in [3.8, 4) is 0 Å². The molecule has 1 heterocycles. The van der Waals surface area contributed by atoms with Crippen LogP contribution in [0, 0.1) is 10.1 Å². The summed E-state index contributed by atoms with van der Waals surface area (Å²) >= 11 is 0. The van der Waals surface area contributed by atoms with Gasteiger partial charge in [0.05, 0.1) is 4.92 Å². The lowest BCUT2D eigenvalue weighted by molar-refractivity contribution is -0.418. The molecule has 0 bridgehead atoms. The molecular formula is C6H4N4O2. The van der Waals surface area contributed by atoms with Crippen molar-refractivity contribution in [1.82, 2.24) is 0 Å². The largest absolute Gasteiger partial charge is 0.271 e. The van der Waals surface area contributed by atoms with E-state index in [0.29, 0.717) is 5.71 Å². The molecule has 0 fully saturated rings. The number of nitrogens with zero attached hydrogens (tertiary/aromatic N) is 4. The van der Waals surface area contributed by atoms with Gasteiger partial charge in [0.2, 0.25) is 0 Å². The molecule has 0 aromatic carbocycles. The van der Waals surface area contributed by atoms with E-state index in [0.717, 1.165) is 0 Å². The monoisotopic (exact) mass is 164 g/mol. The van der Waals surface area contributed by atoms with E-state index in [1.165, 1.54) is 12.2 Å². The van der Waals surface area contributed by atoms with Gasteiger partial charge in [0.1, 0.15) is 11.8 Å². The van der Waals surface area contributed by atoms with E-state index >= 15 is 0 Å². The first-order valence-corrected chi connectivity index (χ1v) is 3.29. The van der Waals surface area contributed by atoms with Gasteiger partial charge in [0, 0.05) is 12.2 Å². The second-order valence-corrected chi connectivity index (χ2v) is 2.36. The van der Waals surface area contributed by atoms with Crippen LogP contribution in [0.5, 0.6) is 0 Å². The summed E-state index contributed by atoms with van der Waals surface area (Å²) in [6.45, 7) is 0. The summed E-state index contributed by atoms with van der Waals surface area (Å²) < 4.78 is 0. The smallest absolute Gasteiger partial charge is 0.258 e. The molecule has 2 aliphatic rings. The van der Waals surface area contributed by atoms with Crippen molar-refractivity contribution in [2.75, 3.05) is 0 Å². The molecule has 0 radical (unpaired) electrons. The zero-order chi connectivity index (χ0) is 8.55. The van der Waals surface area contributed by atoms with Gasteiger partial charge in [-0.2, -0.15) is 5.11 Å². The van der Waals surface area contributed by atoms with Gasteiger partial charge in [-0.15, -0.1) is 5.10 Å². The third kappa shape index (κ3) is 0.931. The Morgan fingerprint density at radius 1 is 1.58 bits per heavy atom. The number of nitro groups is 1. The van der Waals surface area contributed by atoms with E-state index in [4.69, 9.17) is 0 Å². The zero-order valence-corrected chi connectivity index (χ0v) is 5.91. The molecule has 1 aliphatic heterocycles. The van der Waals surface area contributed by atoms with E-state index in [1.54, 1.807) is 6.08 Å². The molecule has 0 aromatic heterocycles. The molecule has 6 nitrogen and oxygen atoms in total. The Labute approximate surface area is 67.1 Å². The predicted molar refractivity (Wildman–Crippen MR) is 40.3 cm³/mol. The number of allylic oxidation sites excluding steroid dienone is 1. The molecule has 12 heavy (non-hydrogen) atoms. The van der Waals surface area contributed by atoms with Gasteiger partial charge < -0.3 is 0 Å². The van der Waals surface area contributed by atoms with Crippen LogP contribution in [-0.4, -0.2) is 16.7 Å². The second-order valence-electron chi connectivity index (χ2n) is 2.36. The molecule has 1 aliphatic carbocycles. The SMILES string of the molecule is O=[N+]([O-])C1=CC2=NN=NC2C=C1. The minimum Gasteiger partial charge on any atom is -0.258 e. The highest BCUT2D eigenvalue weighted by atomic mass is 16.6. The number of fused-ring (bicyclic) bond motifs is 1. The molecule has 1 unspecified atom stereocenters. The molecule has 6 heteroatoms. The van der Waals surface area contributed by atoms with Crippen molar-refractivity contribution >= 4 is 5.71 Å². The molecule has 60 valence electrons. The van der Waals surface area contributed by atoms with Crippen molar-refractivity contribution < 1.29 is 4.92 Å². The maximum atomic E-state index is 10.3. The topological polar surface area (TPSA) is 80.2 Å². The highest BCUT2D eigenvalue weighted by Crippen LogP contribution is 2.16. The van der Waals surface area contributed by atoms with Gasteiger partial charge in [-0.3, -0.25) is 10.1 Å². The maximum absolute atomic E-state index is 10.3. The third-order valence-electron chi connectivity index (χ3n) is 1.60. The zero-order valence-electron chi connectivity index (χ0n) is 5.91. The Hall–Kier alpha value is -1.85. The van der Waals surface area contributed by atoms with Crippen LogP contribution in [0.2, 0.25) is 0 Å². The molecule has 1 atom stereocenters. The van der Waals surface area contributed by atoms with Crippen molar-refractivity contribution in [2.24, 2.45) is 15.4 Å². The Balaban J connectivity index is 2.34. The van der Waals surface area contributed by atoms with E-state index < -0.39 is 4.92 Å². The standard InChI is InChI=1S/C6H4N4O2/c11-10(12)4-1-2-5-6(3-4)8-9-7-5/h1-3,5H. The second kappa shape index (κ2) is 2.33. The average molecular weight is 164 g/mol. The van der Waals surface area contributed by atoms with E-state index in [9.17, 15) is 10.1 Å². The van der Waals surface area contributed by atoms with E-state index in [1.807, 2.05) is 0 Å². The summed E-state index contributed by atoms with van der Waals surface area (Å²) in [5, 5.41) is 21.1. The molecule has 0 amide bonds. The van der Waals surface area contributed by atoms with Crippen LogP contribution in [0.4, 0.5) is 0 Å². The first-order valence-electron chi connectivity index (χ1n) is 3.29. The van der Waals surface area contributed by atoms with Gasteiger partial charge in [-0.25, -0.2) is 0 Å². The fourth-order valence-corrected chi connectivity index (χ4v) is 1.01. The molecular weight excluding hydrogens is 160 g/mol. The fourth-order valence-electron chi connectivity index (χ4n) is 1.01. The number of hydrogen-bond donors (Lipinski definition) is 0. The fraction of sp³-hybridized carbons (Fsp3) is 0.167. The van der Waals surface area contributed by atoms with Crippen LogP contribution in [0.25, 0.3) is 0 Å². The first-order chi connectivity index (χ1) is 5.77. The lowest BCUT2D eigenvalue weighted by atomic mass is 10.1. The molecule has 0 N–H and O–H groups in total. The van der Waals surface area contributed by atoms with Crippen LogP contribution < -0.4 is 0 Å². The summed E-state index contributed by atoms with van der Waals surface area (Å²) in [6, 6.07) is -0.214. The van der Waals surface area contributed by atoms with Crippen LogP contribution in [0.1, 0.15) is 0 Å². The van der Waals surface area contributed by atoms with Crippen molar-refractivity contribution in [1.29, 1.82) is 0 Å². The third-order valence-corrected chi connectivity index (χ3v) is 1.60. The summed E-state index contributed by atoms with van der Waals surface area (Å²) in [5.74, 6) is 0. The summed E-state index contributed by atoms with van der Waals surface area (Å²) in [7, 11) is 0. The van der Waals surface area contributed by atoms with Crippen LogP contribution in [0.3, 0.4) is 0 Å². The van der Waals surface area contributed by atoms with Gasteiger partial charge in [-0.1, -0.05) is 0 Å². The highest BCUT2D eigenvalue weighted by Gasteiger charge is 2.23. The molecule has 2 rings (SSSR count). The highest BCUT2D eigenvalue weighted by molar-refractivity contribution is 6.02. The minimum atomic E-state index is -0.465. The summed E-state index contributed by atoms with van der Waals surface area (Å²) in [6.07, 6.45) is 4.39. The molecule has 0 saturated carbocycles. The van der Waals surface area contributed by atoms with Crippen LogP contribution in [0.15, 0.2) is 39.4 Å². The summed E-state index contributed by atoms with van der Waals surface area (Å²) in [5.41, 5.74) is 0.557. The summed E-state index contributed by atoms with van der Waals surface area (Å²) in [4.78, 5) is 9.85. The minimum absolute atomic E-state index is 0.0253. The quantitative estimate of drug-likeness (QED) is 0.426. The van der Waals surface area contributed by atoms with Crippen LogP contribution >= 0.6 is 0 Å². The normalized spacial score (nSPS) is 24.8. The Morgan fingerprint density at radius 3 is 3.17 bits per heavy atom. The predicted octanol–water partition coefficient (Wildman–Crippen LogP) is 0.907. The molecule has 0 aromatic rings. The van der Waals surface area contributed by atoms with Crippen LogP contribution in [-0.2, 0) is 0 Å². The Bertz CT molecular complexity index is 353.